The molecule has 0 aromatic heterocycles. The van der Waals surface area contributed by atoms with E-state index >= 15 is 0 Å². The van der Waals surface area contributed by atoms with Gasteiger partial charge in [-0.2, -0.15) is 4.31 Å². The minimum atomic E-state index is -3.56. The molecule has 1 aliphatic rings. The number of Topliss-reactive ketones (excluding diaryl/α,β-unsaturated/α-hetero) is 1. The Hall–Kier alpha value is -1.73. The molecule has 22 heavy (non-hydrogen) atoms. The van der Waals surface area contributed by atoms with E-state index in [0.29, 0.717) is 0 Å². The molecule has 7 heteroatoms. The van der Waals surface area contributed by atoms with Gasteiger partial charge in [-0.1, -0.05) is 6.07 Å². The minimum Gasteiger partial charge on any atom is -0.333 e. The molecule has 1 fully saturated rings. The van der Waals surface area contributed by atoms with Gasteiger partial charge < -0.3 is 4.90 Å². The summed E-state index contributed by atoms with van der Waals surface area (Å²) >= 11 is 0. The maximum absolute atomic E-state index is 12.6. The molecule has 0 unspecified atom stereocenters. The van der Waals surface area contributed by atoms with Gasteiger partial charge in [-0.15, -0.1) is 0 Å². The van der Waals surface area contributed by atoms with Crippen LogP contribution in [-0.2, 0) is 19.6 Å². The maximum Gasteiger partial charge on any atom is 0.289 e. The second-order valence-electron chi connectivity index (χ2n) is 5.50. The highest BCUT2D eigenvalue weighted by molar-refractivity contribution is 7.89. The number of carbonyl (C=O) groups excluding carboxylic acids is 2. The highest BCUT2D eigenvalue weighted by atomic mass is 32.2. The Morgan fingerprint density at radius 3 is 2.09 bits per heavy atom. The summed E-state index contributed by atoms with van der Waals surface area (Å²) in [7, 11) is -3.56. The van der Waals surface area contributed by atoms with Crippen molar-refractivity contribution in [3.05, 3.63) is 29.3 Å². The Bertz CT molecular complexity index is 704. The lowest BCUT2D eigenvalue weighted by Gasteiger charge is -2.33. The predicted molar refractivity (Wildman–Crippen MR) is 81.9 cm³/mol. The van der Waals surface area contributed by atoms with Crippen LogP contribution in [0.2, 0.25) is 0 Å². The summed E-state index contributed by atoms with van der Waals surface area (Å²) in [5.41, 5.74) is 1.96. The highest BCUT2D eigenvalue weighted by Gasteiger charge is 2.31. The fraction of sp³-hybridized carbons (Fsp3) is 0.467. The molecule has 0 aliphatic carbocycles. The first kappa shape index (κ1) is 16.6. The average molecular weight is 324 g/mol. The van der Waals surface area contributed by atoms with E-state index in [4.69, 9.17) is 0 Å². The van der Waals surface area contributed by atoms with Gasteiger partial charge in [0.15, 0.2) is 0 Å². The van der Waals surface area contributed by atoms with Crippen LogP contribution in [0.15, 0.2) is 23.1 Å². The van der Waals surface area contributed by atoms with E-state index in [-0.39, 0.29) is 31.1 Å². The van der Waals surface area contributed by atoms with Gasteiger partial charge in [0.2, 0.25) is 15.8 Å². The summed E-state index contributed by atoms with van der Waals surface area (Å²) in [6.07, 6.45) is 0. The van der Waals surface area contributed by atoms with Crippen molar-refractivity contribution >= 4 is 21.7 Å². The van der Waals surface area contributed by atoms with Crippen molar-refractivity contribution in [1.29, 1.82) is 0 Å². The van der Waals surface area contributed by atoms with Gasteiger partial charge in [-0.3, -0.25) is 9.59 Å². The molecular formula is C15H20N2O4S. The van der Waals surface area contributed by atoms with E-state index in [2.05, 4.69) is 0 Å². The van der Waals surface area contributed by atoms with E-state index in [9.17, 15) is 18.0 Å². The zero-order valence-electron chi connectivity index (χ0n) is 13.0. The van der Waals surface area contributed by atoms with Gasteiger partial charge in [0, 0.05) is 33.1 Å². The van der Waals surface area contributed by atoms with Crippen LogP contribution in [-0.4, -0.2) is 55.5 Å². The summed E-state index contributed by atoms with van der Waals surface area (Å²) in [5.74, 6) is -1.08. The fourth-order valence-corrected chi connectivity index (χ4v) is 3.89. The lowest BCUT2D eigenvalue weighted by Crippen LogP contribution is -2.51. The Morgan fingerprint density at radius 1 is 1.00 bits per heavy atom. The van der Waals surface area contributed by atoms with Gasteiger partial charge in [0.25, 0.3) is 5.91 Å². The van der Waals surface area contributed by atoms with E-state index in [1.807, 2.05) is 13.8 Å². The Labute approximate surface area is 130 Å². The van der Waals surface area contributed by atoms with Gasteiger partial charge in [0.05, 0.1) is 4.90 Å². The van der Waals surface area contributed by atoms with Crippen molar-refractivity contribution in [3.63, 3.8) is 0 Å². The lowest BCUT2D eigenvalue weighted by atomic mass is 10.1. The third-order valence-electron chi connectivity index (χ3n) is 3.94. The predicted octanol–water partition coefficient (Wildman–Crippen LogP) is 0.725. The molecule has 2 rings (SSSR count). The van der Waals surface area contributed by atoms with Crippen molar-refractivity contribution in [2.75, 3.05) is 26.2 Å². The van der Waals surface area contributed by atoms with Crippen LogP contribution in [0.4, 0.5) is 0 Å². The van der Waals surface area contributed by atoms with Crippen LogP contribution in [0, 0.1) is 13.8 Å². The van der Waals surface area contributed by atoms with E-state index < -0.39 is 21.7 Å². The van der Waals surface area contributed by atoms with Crippen LogP contribution in [0.25, 0.3) is 0 Å². The van der Waals surface area contributed by atoms with Crippen molar-refractivity contribution in [2.45, 2.75) is 25.7 Å². The number of hydrogen-bond acceptors (Lipinski definition) is 4. The molecule has 0 radical (unpaired) electrons. The molecule has 1 aliphatic heterocycles. The van der Waals surface area contributed by atoms with Crippen molar-refractivity contribution in [3.8, 4) is 0 Å². The quantitative estimate of drug-likeness (QED) is 0.768. The van der Waals surface area contributed by atoms with Gasteiger partial charge >= 0.3 is 0 Å². The molecule has 0 N–H and O–H groups in total. The first-order chi connectivity index (χ1) is 10.2. The summed E-state index contributed by atoms with van der Waals surface area (Å²) in [5, 5.41) is 0. The van der Waals surface area contributed by atoms with Gasteiger partial charge in [-0.05, 0) is 37.1 Å². The van der Waals surface area contributed by atoms with Crippen LogP contribution in [0.3, 0.4) is 0 Å². The summed E-state index contributed by atoms with van der Waals surface area (Å²) in [6.45, 7) is 5.91. The number of piperazine rings is 1. The Morgan fingerprint density at radius 2 is 1.59 bits per heavy atom. The molecule has 0 atom stereocenters. The van der Waals surface area contributed by atoms with Crippen LogP contribution in [0.5, 0.6) is 0 Å². The van der Waals surface area contributed by atoms with Gasteiger partial charge in [0.1, 0.15) is 0 Å². The molecule has 1 amide bonds. The summed E-state index contributed by atoms with van der Waals surface area (Å²) in [4.78, 5) is 24.4. The lowest BCUT2D eigenvalue weighted by molar-refractivity contribution is -0.144. The van der Waals surface area contributed by atoms with Crippen molar-refractivity contribution in [2.24, 2.45) is 0 Å². The van der Waals surface area contributed by atoms with Crippen molar-refractivity contribution < 1.29 is 18.0 Å². The molecule has 0 saturated carbocycles. The first-order valence-electron chi connectivity index (χ1n) is 7.10. The number of nitrogens with zero attached hydrogens (tertiary/aromatic N) is 2. The number of rotatable bonds is 3. The molecular weight excluding hydrogens is 304 g/mol. The zero-order chi connectivity index (χ0) is 16.5. The van der Waals surface area contributed by atoms with E-state index in [1.165, 1.54) is 16.1 Å². The molecule has 1 aromatic rings. The fourth-order valence-electron chi connectivity index (χ4n) is 2.38. The SMILES string of the molecule is CC(=O)C(=O)N1CCN(S(=O)(=O)c2ccc(C)c(C)c2)CC1. The Balaban J connectivity index is 2.14. The number of amides is 1. The number of ketones is 1. The second-order valence-corrected chi connectivity index (χ2v) is 7.44. The first-order valence-corrected chi connectivity index (χ1v) is 8.54. The third-order valence-corrected chi connectivity index (χ3v) is 5.84. The summed E-state index contributed by atoms with van der Waals surface area (Å²) < 4.78 is 26.6. The molecule has 0 bridgehead atoms. The number of aryl methyl sites for hydroxylation is 2. The normalized spacial score (nSPS) is 16.6. The van der Waals surface area contributed by atoms with Crippen LogP contribution in [0.1, 0.15) is 18.1 Å². The molecule has 120 valence electrons. The van der Waals surface area contributed by atoms with E-state index in [1.54, 1.807) is 18.2 Å². The molecule has 1 saturated heterocycles. The molecule has 1 aromatic carbocycles. The van der Waals surface area contributed by atoms with E-state index in [0.717, 1.165) is 11.1 Å². The average Bonchev–Trinajstić information content (AvgIpc) is 2.49. The molecule has 6 nitrogen and oxygen atoms in total. The molecule has 0 spiro atoms. The largest absolute Gasteiger partial charge is 0.333 e. The standard InChI is InChI=1S/C15H20N2O4S/c1-11-4-5-14(10-12(11)2)22(20,21)17-8-6-16(7-9-17)15(19)13(3)18/h4-5,10H,6-9H2,1-3H3. The number of sulfonamides is 1. The molecule has 1 heterocycles. The zero-order valence-corrected chi connectivity index (χ0v) is 13.8. The number of carbonyl (C=O) groups is 2. The highest BCUT2D eigenvalue weighted by Crippen LogP contribution is 2.20. The second kappa shape index (κ2) is 6.18. The minimum absolute atomic E-state index is 0.203. The third kappa shape index (κ3) is 3.20. The van der Waals surface area contributed by atoms with Crippen molar-refractivity contribution in [1.82, 2.24) is 9.21 Å². The van der Waals surface area contributed by atoms with Crippen LogP contribution >= 0.6 is 0 Å². The van der Waals surface area contributed by atoms with Crippen LogP contribution < -0.4 is 0 Å². The maximum atomic E-state index is 12.6. The smallest absolute Gasteiger partial charge is 0.289 e. The topological polar surface area (TPSA) is 74.8 Å². The number of hydrogen-bond donors (Lipinski definition) is 0. The Kier molecular flexibility index (Phi) is 4.67. The van der Waals surface area contributed by atoms with Gasteiger partial charge in [-0.25, -0.2) is 8.42 Å². The monoisotopic (exact) mass is 324 g/mol. The summed E-state index contributed by atoms with van der Waals surface area (Å²) in [6, 6.07) is 5.06. The number of benzene rings is 1.